The van der Waals surface area contributed by atoms with Crippen LogP contribution in [0.25, 0.3) is 0 Å². The second-order valence-electron chi connectivity index (χ2n) is 4.67. The molecule has 0 radical (unpaired) electrons. The van der Waals surface area contributed by atoms with Gasteiger partial charge in [0.25, 0.3) is 15.9 Å². The van der Waals surface area contributed by atoms with Gasteiger partial charge in [-0.05, 0) is 45.8 Å². The van der Waals surface area contributed by atoms with Crippen LogP contribution in [0.15, 0.2) is 51.8 Å². The Morgan fingerprint density at radius 1 is 1.14 bits per heavy atom. The zero-order valence-corrected chi connectivity index (χ0v) is 13.2. The first-order valence-electron chi connectivity index (χ1n) is 6.11. The summed E-state index contributed by atoms with van der Waals surface area (Å²) in [7, 11) is -3.79. The van der Waals surface area contributed by atoms with Crippen LogP contribution < -0.4 is 5.73 Å². The third-order valence-electron chi connectivity index (χ3n) is 3.30. The third kappa shape index (κ3) is 2.22. The van der Waals surface area contributed by atoms with E-state index < -0.39 is 15.9 Å². The van der Waals surface area contributed by atoms with Crippen LogP contribution in [0.2, 0.25) is 0 Å². The van der Waals surface area contributed by atoms with Crippen LogP contribution in [0.5, 0.6) is 0 Å². The highest BCUT2D eigenvalue weighted by atomic mass is 79.9. The zero-order valence-electron chi connectivity index (χ0n) is 10.8. The number of amides is 1. The molecule has 0 atom stereocenters. The van der Waals surface area contributed by atoms with Gasteiger partial charge in [-0.3, -0.25) is 4.79 Å². The fourth-order valence-electron chi connectivity index (χ4n) is 2.24. The molecule has 0 saturated carbocycles. The van der Waals surface area contributed by atoms with Crippen LogP contribution >= 0.6 is 15.9 Å². The van der Waals surface area contributed by atoms with E-state index in [1.54, 1.807) is 30.3 Å². The number of carbonyl (C=O) groups excluding carboxylic acids is 1. The van der Waals surface area contributed by atoms with E-state index in [0.717, 1.165) is 8.78 Å². The van der Waals surface area contributed by atoms with Crippen molar-refractivity contribution in [2.45, 2.75) is 11.4 Å². The number of fused-ring (bicyclic) bond motifs is 1. The molecular formula is C14H11BrN2O3S. The summed E-state index contributed by atoms with van der Waals surface area (Å²) in [6.45, 7) is -0.0344. The molecule has 108 valence electrons. The van der Waals surface area contributed by atoms with Crippen molar-refractivity contribution in [3.63, 3.8) is 0 Å². The summed E-state index contributed by atoms with van der Waals surface area (Å²) >= 11 is 3.28. The molecule has 0 aliphatic carbocycles. The number of rotatable bonds is 2. The van der Waals surface area contributed by atoms with Gasteiger partial charge >= 0.3 is 0 Å². The fraction of sp³-hybridized carbons (Fsp3) is 0.0714. The smallest absolute Gasteiger partial charge is 0.269 e. The Kier molecular flexibility index (Phi) is 3.26. The molecule has 5 nitrogen and oxygen atoms in total. The second-order valence-corrected chi connectivity index (χ2v) is 7.35. The summed E-state index contributed by atoms with van der Waals surface area (Å²) < 4.78 is 26.4. The first-order chi connectivity index (χ1) is 9.91. The van der Waals surface area contributed by atoms with E-state index in [4.69, 9.17) is 5.73 Å². The number of benzene rings is 2. The first-order valence-corrected chi connectivity index (χ1v) is 8.34. The van der Waals surface area contributed by atoms with E-state index in [1.807, 2.05) is 0 Å². The monoisotopic (exact) mass is 366 g/mol. The Labute approximate surface area is 130 Å². The number of halogens is 1. The van der Waals surface area contributed by atoms with Crippen molar-refractivity contribution in [2.75, 3.05) is 5.73 Å². The summed E-state index contributed by atoms with van der Waals surface area (Å²) in [5, 5.41) is 0. The molecule has 2 aromatic carbocycles. The van der Waals surface area contributed by atoms with Crippen LogP contribution in [-0.2, 0) is 16.6 Å². The van der Waals surface area contributed by atoms with Gasteiger partial charge in [0.1, 0.15) is 4.90 Å². The first kappa shape index (κ1) is 14.1. The predicted octanol–water partition coefficient (Wildman–Crippen LogP) is 2.38. The van der Waals surface area contributed by atoms with Gasteiger partial charge in [0.2, 0.25) is 0 Å². The lowest BCUT2D eigenvalue weighted by Gasteiger charge is -2.15. The molecule has 0 unspecified atom stereocenters. The van der Waals surface area contributed by atoms with Crippen molar-refractivity contribution in [3.8, 4) is 0 Å². The SMILES string of the molecule is Nc1cc(CN2C(=O)c3ccccc3S2(=O)=O)ccc1Br. The molecule has 0 bridgehead atoms. The Bertz CT molecular complexity index is 849. The number of carbonyl (C=O) groups is 1. The van der Waals surface area contributed by atoms with E-state index in [0.29, 0.717) is 11.3 Å². The van der Waals surface area contributed by atoms with Gasteiger partial charge < -0.3 is 5.73 Å². The Hall–Kier alpha value is -1.86. The number of hydrogen-bond acceptors (Lipinski definition) is 4. The summed E-state index contributed by atoms with van der Waals surface area (Å²) in [6.07, 6.45) is 0. The average molecular weight is 367 g/mol. The normalized spacial score (nSPS) is 16.0. The molecule has 1 aliphatic rings. The number of nitrogens with zero attached hydrogens (tertiary/aromatic N) is 1. The highest BCUT2D eigenvalue weighted by Crippen LogP contribution is 2.32. The van der Waals surface area contributed by atoms with Gasteiger partial charge in [0, 0.05) is 10.2 Å². The van der Waals surface area contributed by atoms with E-state index in [-0.39, 0.29) is 17.0 Å². The molecule has 3 rings (SSSR count). The van der Waals surface area contributed by atoms with Crippen molar-refractivity contribution >= 4 is 37.5 Å². The number of hydrogen-bond donors (Lipinski definition) is 1. The molecule has 0 spiro atoms. The average Bonchev–Trinajstić information content (AvgIpc) is 2.65. The highest BCUT2D eigenvalue weighted by Gasteiger charge is 2.40. The Morgan fingerprint density at radius 2 is 1.86 bits per heavy atom. The van der Waals surface area contributed by atoms with Crippen molar-refractivity contribution < 1.29 is 13.2 Å². The van der Waals surface area contributed by atoms with E-state index in [1.165, 1.54) is 12.1 Å². The zero-order chi connectivity index (χ0) is 15.2. The van der Waals surface area contributed by atoms with E-state index >= 15 is 0 Å². The van der Waals surface area contributed by atoms with E-state index in [9.17, 15) is 13.2 Å². The maximum atomic E-state index is 12.4. The van der Waals surface area contributed by atoms with Crippen LogP contribution in [0.1, 0.15) is 15.9 Å². The summed E-state index contributed by atoms with van der Waals surface area (Å²) in [5.74, 6) is -0.507. The highest BCUT2D eigenvalue weighted by molar-refractivity contribution is 9.10. The van der Waals surface area contributed by atoms with Crippen LogP contribution in [0, 0.1) is 0 Å². The standard InChI is InChI=1S/C14H11BrN2O3S/c15-11-6-5-9(7-12(11)16)8-17-14(18)10-3-1-2-4-13(10)21(17,19)20/h1-7H,8,16H2. The van der Waals surface area contributed by atoms with Crippen LogP contribution in [0.4, 0.5) is 5.69 Å². The van der Waals surface area contributed by atoms with Gasteiger partial charge in [-0.2, -0.15) is 0 Å². The molecule has 0 aromatic heterocycles. The molecule has 2 N–H and O–H groups in total. The maximum absolute atomic E-state index is 12.4. The van der Waals surface area contributed by atoms with Crippen molar-refractivity contribution in [2.24, 2.45) is 0 Å². The number of sulfonamides is 1. The van der Waals surface area contributed by atoms with Crippen molar-refractivity contribution in [3.05, 3.63) is 58.1 Å². The predicted molar refractivity (Wildman–Crippen MR) is 82.1 cm³/mol. The summed E-state index contributed by atoms with van der Waals surface area (Å²) in [6, 6.07) is 11.3. The van der Waals surface area contributed by atoms with Gasteiger partial charge in [0.15, 0.2) is 0 Å². The van der Waals surface area contributed by atoms with Gasteiger partial charge in [-0.25, -0.2) is 12.7 Å². The maximum Gasteiger partial charge on any atom is 0.269 e. The quantitative estimate of drug-likeness (QED) is 0.827. The largest absolute Gasteiger partial charge is 0.398 e. The Morgan fingerprint density at radius 3 is 2.52 bits per heavy atom. The summed E-state index contributed by atoms with van der Waals surface area (Å²) in [4.78, 5) is 12.3. The lowest BCUT2D eigenvalue weighted by Crippen LogP contribution is -2.29. The molecule has 1 aliphatic heterocycles. The third-order valence-corrected chi connectivity index (χ3v) is 5.81. The van der Waals surface area contributed by atoms with Crippen LogP contribution in [-0.4, -0.2) is 18.6 Å². The minimum absolute atomic E-state index is 0.0344. The molecule has 0 fully saturated rings. The van der Waals surface area contributed by atoms with Crippen LogP contribution in [0.3, 0.4) is 0 Å². The topological polar surface area (TPSA) is 80.5 Å². The van der Waals surface area contributed by atoms with Gasteiger partial charge in [-0.15, -0.1) is 0 Å². The fourth-order valence-corrected chi connectivity index (χ4v) is 4.05. The minimum Gasteiger partial charge on any atom is -0.398 e. The van der Waals surface area contributed by atoms with E-state index in [2.05, 4.69) is 15.9 Å². The molecule has 1 amide bonds. The molecular weight excluding hydrogens is 356 g/mol. The minimum atomic E-state index is -3.79. The van der Waals surface area contributed by atoms with Crippen molar-refractivity contribution in [1.29, 1.82) is 0 Å². The number of nitrogen functional groups attached to an aromatic ring is 1. The lowest BCUT2D eigenvalue weighted by atomic mass is 10.2. The van der Waals surface area contributed by atoms with Gasteiger partial charge in [0.05, 0.1) is 12.1 Å². The van der Waals surface area contributed by atoms with Gasteiger partial charge in [-0.1, -0.05) is 18.2 Å². The molecule has 1 heterocycles. The summed E-state index contributed by atoms with van der Waals surface area (Å²) in [5.41, 5.74) is 7.14. The second kappa shape index (κ2) is 4.85. The molecule has 0 saturated heterocycles. The number of anilines is 1. The lowest BCUT2D eigenvalue weighted by molar-refractivity contribution is 0.0865. The molecule has 7 heteroatoms. The van der Waals surface area contributed by atoms with Crippen molar-refractivity contribution in [1.82, 2.24) is 4.31 Å². The Balaban J connectivity index is 2.01. The molecule has 2 aromatic rings. The molecule has 21 heavy (non-hydrogen) atoms. The number of nitrogens with two attached hydrogens (primary N) is 1.